The average molecular weight is 263 g/mol. The highest BCUT2D eigenvalue weighted by Crippen LogP contribution is 2.26. The van der Waals surface area contributed by atoms with Gasteiger partial charge in [0.1, 0.15) is 5.69 Å². The summed E-state index contributed by atoms with van der Waals surface area (Å²) in [5.41, 5.74) is 6.45. The number of hydrogen-bond acceptors (Lipinski definition) is 5. The number of primary amides is 1. The lowest BCUT2D eigenvalue weighted by Crippen LogP contribution is -2.13. The summed E-state index contributed by atoms with van der Waals surface area (Å²) < 4.78 is 5.02. The van der Waals surface area contributed by atoms with E-state index in [1.165, 1.54) is 11.3 Å². The molecule has 0 aliphatic heterocycles. The number of nitrogens with zero attached hydrogens (tertiary/aromatic N) is 1. The van der Waals surface area contributed by atoms with Crippen LogP contribution in [0.5, 0.6) is 0 Å². The molecule has 0 spiro atoms. The van der Waals surface area contributed by atoms with Gasteiger partial charge in [-0.1, -0.05) is 29.5 Å². The van der Waals surface area contributed by atoms with Gasteiger partial charge in [-0.05, 0) is 12.1 Å². The summed E-state index contributed by atoms with van der Waals surface area (Å²) in [5, 5.41) is 3.75. The molecule has 5 nitrogen and oxygen atoms in total. The first-order chi connectivity index (χ1) is 8.70. The Morgan fingerprint density at radius 1 is 1.44 bits per heavy atom. The maximum Gasteiger partial charge on any atom is 0.268 e. The van der Waals surface area contributed by atoms with E-state index in [0.717, 1.165) is 10.6 Å². The number of nitrogens with one attached hydrogen (secondary N) is 1. The van der Waals surface area contributed by atoms with Crippen LogP contribution in [0, 0.1) is 0 Å². The smallest absolute Gasteiger partial charge is 0.268 e. The number of thiazole rings is 1. The van der Waals surface area contributed by atoms with Gasteiger partial charge < -0.3 is 15.8 Å². The van der Waals surface area contributed by atoms with E-state index in [-0.39, 0.29) is 5.69 Å². The predicted octanol–water partition coefficient (Wildman–Crippen LogP) is 2.13. The molecule has 0 aliphatic carbocycles. The first-order valence-electron chi connectivity index (χ1n) is 5.31. The third-order valence-electron chi connectivity index (χ3n) is 2.23. The molecule has 0 radical (unpaired) electrons. The van der Waals surface area contributed by atoms with E-state index in [2.05, 4.69) is 10.3 Å². The summed E-state index contributed by atoms with van der Waals surface area (Å²) in [5.74, 6) is -0.542. The van der Waals surface area contributed by atoms with Crippen molar-refractivity contribution < 1.29 is 9.53 Å². The molecule has 1 aromatic carbocycles. The molecule has 1 amide bonds. The Morgan fingerprint density at radius 2 is 2.17 bits per heavy atom. The molecule has 1 heterocycles. The van der Waals surface area contributed by atoms with Crippen LogP contribution >= 0.6 is 11.3 Å². The van der Waals surface area contributed by atoms with Crippen molar-refractivity contribution in [2.75, 3.05) is 12.4 Å². The van der Waals surface area contributed by atoms with E-state index in [1.54, 1.807) is 7.11 Å². The third kappa shape index (κ3) is 2.85. The molecule has 0 atom stereocenters. The van der Waals surface area contributed by atoms with Gasteiger partial charge in [0.15, 0.2) is 5.13 Å². The molecule has 2 rings (SSSR count). The van der Waals surface area contributed by atoms with Gasteiger partial charge in [0.05, 0.1) is 11.5 Å². The lowest BCUT2D eigenvalue weighted by molar-refractivity contribution is 0.0991. The molecule has 94 valence electrons. The molecule has 0 saturated carbocycles. The number of methoxy groups -OCH3 is 1. The Kier molecular flexibility index (Phi) is 3.91. The van der Waals surface area contributed by atoms with Gasteiger partial charge >= 0.3 is 0 Å². The Morgan fingerprint density at radius 3 is 2.78 bits per heavy atom. The Hall–Kier alpha value is -1.92. The largest absolute Gasteiger partial charge is 0.379 e. The SMILES string of the molecule is COCc1sc(Nc2ccccc2)nc1C(N)=O. The molecule has 0 bridgehead atoms. The van der Waals surface area contributed by atoms with Crippen molar-refractivity contribution >= 4 is 28.1 Å². The number of aromatic nitrogens is 1. The van der Waals surface area contributed by atoms with E-state index < -0.39 is 5.91 Å². The Bertz CT molecular complexity index is 540. The van der Waals surface area contributed by atoms with Crippen LogP contribution in [0.25, 0.3) is 0 Å². The number of nitrogens with two attached hydrogens (primary N) is 1. The summed E-state index contributed by atoms with van der Waals surface area (Å²) in [7, 11) is 1.56. The predicted molar refractivity (Wildman–Crippen MR) is 71.1 cm³/mol. The van der Waals surface area contributed by atoms with Gasteiger partial charge in [0.2, 0.25) is 0 Å². The monoisotopic (exact) mass is 263 g/mol. The van der Waals surface area contributed by atoms with Gasteiger partial charge in [-0.15, -0.1) is 0 Å². The van der Waals surface area contributed by atoms with Crippen molar-refractivity contribution in [3.8, 4) is 0 Å². The van der Waals surface area contributed by atoms with Crippen LogP contribution in [0.1, 0.15) is 15.4 Å². The minimum atomic E-state index is -0.542. The maximum atomic E-state index is 11.2. The van der Waals surface area contributed by atoms with E-state index in [9.17, 15) is 4.79 Å². The minimum Gasteiger partial charge on any atom is -0.379 e. The van der Waals surface area contributed by atoms with Gasteiger partial charge in [-0.25, -0.2) is 4.98 Å². The van der Waals surface area contributed by atoms with Gasteiger partial charge in [0, 0.05) is 12.8 Å². The summed E-state index contributed by atoms with van der Waals surface area (Å²) in [6.07, 6.45) is 0. The van der Waals surface area contributed by atoms with Crippen LogP contribution in [0.15, 0.2) is 30.3 Å². The zero-order valence-electron chi connectivity index (χ0n) is 9.84. The molecule has 6 heteroatoms. The van der Waals surface area contributed by atoms with Crippen LogP contribution in [0.3, 0.4) is 0 Å². The molecule has 3 N–H and O–H groups in total. The second kappa shape index (κ2) is 5.61. The van der Waals surface area contributed by atoms with Crippen molar-refractivity contribution in [1.29, 1.82) is 0 Å². The van der Waals surface area contributed by atoms with Crippen molar-refractivity contribution in [3.63, 3.8) is 0 Å². The zero-order valence-corrected chi connectivity index (χ0v) is 10.7. The zero-order chi connectivity index (χ0) is 13.0. The molecule has 1 aromatic heterocycles. The highest BCUT2D eigenvalue weighted by Gasteiger charge is 2.15. The number of ether oxygens (including phenoxy) is 1. The van der Waals surface area contributed by atoms with Crippen molar-refractivity contribution in [1.82, 2.24) is 4.98 Å². The fourth-order valence-corrected chi connectivity index (χ4v) is 2.43. The maximum absolute atomic E-state index is 11.2. The highest BCUT2D eigenvalue weighted by atomic mass is 32.1. The molecule has 0 unspecified atom stereocenters. The standard InChI is InChI=1S/C12H13N3O2S/c1-17-7-9-10(11(13)16)15-12(18-9)14-8-5-3-2-4-6-8/h2-6H,7H2,1H3,(H2,13,16)(H,14,15). The number of para-hydroxylation sites is 1. The number of rotatable bonds is 5. The lowest BCUT2D eigenvalue weighted by Gasteiger charge is -2.00. The number of carbonyl (C=O) groups is 1. The Labute approximate surface area is 109 Å². The van der Waals surface area contributed by atoms with Gasteiger partial charge in [-0.2, -0.15) is 0 Å². The van der Waals surface area contributed by atoms with Crippen molar-refractivity contribution in [2.45, 2.75) is 6.61 Å². The summed E-state index contributed by atoms with van der Waals surface area (Å²) in [6, 6.07) is 9.60. The number of carbonyl (C=O) groups excluding carboxylic acids is 1. The van der Waals surface area contributed by atoms with Crippen LogP contribution in [-0.2, 0) is 11.3 Å². The first-order valence-corrected chi connectivity index (χ1v) is 6.13. The summed E-state index contributed by atoms with van der Waals surface area (Å²) >= 11 is 1.36. The number of amides is 1. The lowest BCUT2D eigenvalue weighted by atomic mass is 10.3. The second-order valence-corrected chi connectivity index (χ2v) is 4.66. The van der Waals surface area contributed by atoms with E-state index in [4.69, 9.17) is 10.5 Å². The van der Waals surface area contributed by atoms with Crippen LogP contribution in [0.4, 0.5) is 10.8 Å². The fraction of sp³-hybridized carbons (Fsp3) is 0.167. The molecule has 2 aromatic rings. The number of anilines is 2. The van der Waals surface area contributed by atoms with Gasteiger partial charge in [0.25, 0.3) is 5.91 Å². The molecular formula is C12H13N3O2S. The summed E-state index contributed by atoms with van der Waals surface area (Å²) in [6.45, 7) is 0.326. The quantitative estimate of drug-likeness (QED) is 0.866. The molecule has 0 aliphatic rings. The molecule has 0 fully saturated rings. The highest BCUT2D eigenvalue weighted by molar-refractivity contribution is 7.16. The number of hydrogen-bond donors (Lipinski definition) is 2. The second-order valence-electron chi connectivity index (χ2n) is 3.58. The third-order valence-corrected chi connectivity index (χ3v) is 3.18. The van der Waals surface area contributed by atoms with Crippen molar-refractivity contribution in [3.05, 3.63) is 40.9 Å². The molecule has 0 saturated heterocycles. The van der Waals surface area contributed by atoms with E-state index >= 15 is 0 Å². The topological polar surface area (TPSA) is 77.2 Å². The van der Waals surface area contributed by atoms with Crippen molar-refractivity contribution in [2.24, 2.45) is 5.73 Å². The minimum absolute atomic E-state index is 0.264. The average Bonchev–Trinajstić information content (AvgIpc) is 2.74. The van der Waals surface area contributed by atoms with E-state index in [0.29, 0.717) is 11.7 Å². The van der Waals surface area contributed by atoms with Crippen LogP contribution < -0.4 is 11.1 Å². The first kappa shape index (κ1) is 12.5. The number of benzene rings is 1. The van der Waals surface area contributed by atoms with Crippen LogP contribution in [-0.4, -0.2) is 18.0 Å². The molecule has 18 heavy (non-hydrogen) atoms. The Balaban J connectivity index is 2.24. The van der Waals surface area contributed by atoms with Crippen LogP contribution in [0.2, 0.25) is 0 Å². The van der Waals surface area contributed by atoms with Gasteiger partial charge in [-0.3, -0.25) is 4.79 Å². The fourth-order valence-electron chi connectivity index (χ4n) is 1.47. The normalized spacial score (nSPS) is 10.3. The summed E-state index contributed by atoms with van der Waals surface area (Å²) in [4.78, 5) is 16.1. The van der Waals surface area contributed by atoms with E-state index in [1.807, 2.05) is 30.3 Å². The molecular weight excluding hydrogens is 250 g/mol.